The number of nitrogens with zero attached hydrogens (tertiary/aromatic N) is 2. The predicted molar refractivity (Wildman–Crippen MR) is 52.6 cm³/mol. The third-order valence-electron chi connectivity index (χ3n) is 2.51. The number of hydrogen-bond acceptors (Lipinski definition) is 4. The molecule has 0 unspecified atom stereocenters. The van der Waals surface area contributed by atoms with Gasteiger partial charge in [0, 0.05) is 13.1 Å². The molecule has 1 saturated heterocycles. The Morgan fingerprint density at radius 3 is 2.67 bits per heavy atom. The van der Waals surface area contributed by atoms with E-state index in [4.69, 9.17) is 0 Å². The zero-order valence-electron chi connectivity index (χ0n) is 8.13. The zero-order valence-corrected chi connectivity index (χ0v) is 8.94. The van der Waals surface area contributed by atoms with Crippen LogP contribution in [0.2, 0.25) is 0 Å². The predicted octanol–water partition coefficient (Wildman–Crippen LogP) is -0.445. The normalized spacial score (nSPS) is 20.6. The smallest absolute Gasteiger partial charge is 0.260 e. The SMILES string of the molecule is O=S(=O)(c1cnc[nH]1)N1CCC(O)CC1. The summed E-state index contributed by atoms with van der Waals surface area (Å²) in [6, 6.07) is 0. The first-order chi connectivity index (χ1) is 7.10. The monoisotopic (exact) mass is 231 g/mol. The lowest BCUT2D eigenvalue weighted by Gasteiger charge is -2.27. The molecular weight excluding hydrogens is 218 g/mol. The van der Waals surface area contributed by atoms with Crippen LogP contribution in [0.25, 0.3) is 0 Å². The molecule has 7 heteroatoms. The summed E-state index contributed by atoms with van der Waals surface area (Å²) in [7, 11) is -3.44. The molecule has 0 aliphatic carbocycles. The van der Waals surface area contributed by atoms with Crippen LogP contribution in [-0.4, -0.2) is 47.0 Å². The lowest BCUT2D eigenvalue weighted by molar-refractivity contribution is 0.113. The summed E-state index contributed by atoms with van der Waals surface area (Å²) < 4.78 is 25.2. The van der Waals surface area contributed by atoms with Crippen LogP contribution in [0.3, 0.4) is 0 Å². The Balaban J connectivity index is 2.17. The molecule has 0 atom stereocenters. The largest absolute Gasteiger partial charge is 0.393 e. The molecule has 0 aromatic carbocycles. The van der Waals surface area contributed by atoms with E-state index in [2.05, 4.69) is 9.97 Å². The molecule has 15 heavy (non-hydrogen) atoms. The summed E-state index contributed by atoms with van der Waals surface area (Å²) in [6.07, 6.45) is 3.24. The van der Waals surface area contributed by atoms with Gasteiger partial charge in [0.25, 0.3) is 10.0 Å². The molecule has 1 fully saturated rings. The summed E-state index contributed by atoms with van der Waals surface area (Å²) in [5.74, 6) is 0. The molecule has 1 aliphatic heterocycles. The molecular formula is C8H13N3O3S. The number of piperidine rings is 1. The van der Waals surface area contributed by atoms with Gasteiger partial charge in [-0.2, -0.15) is 4.31 Å². The highest BCUT2D eigenvalue weighted by molar-refractivity contribution is 7.89. The van der Waals surface area contributed by atoms with E-state index in [1.807, 2.05) is 0 Å². The summed E-state index contributed by atoms with van der Waals surface area (Å²) in [6.45, 7) is 0.727. The molecule has 2 N–H and O–H groups in total. The molecule has 0 spiro atoms. The van der Waals surface area contributed by atoms with Crippen LogP contribution in [0.15, 0.2) is 17.6 Å². The molecule has 2 heterocycles. The second kappa shape index (κ2) is 3.92. The number of sulfonamides is 1. The third kappa shape index (κ3) is 2.04. The lowest BCUT2D eigenvalue weighted by atomic mass is 10.1. The van der Waals surface area contributed by atoms with Crippen molar-refractivity contribution in [2.75, 3.05) is 13.1 Å². The van der Waals surface area contributed by atoms with Gasteiger partial charge >= 0.3 is 0 Å². The summed E-state index contributed by atoms with van der Waals surface area (Å²) in [4.78, 5) is 6.27. The van der Waals surface area contributed by atoms with Gasteiger partial charge in [-0.15, -0.1) is 0 Å². The third-order valence-corrected chi connectivity index (χ3v) is 4.34. The number of nitrogens with one attached hydrogen (secondary N) is 1. The Morgan fingerprint density at radius 2 is 2.13 bits per heavy atom. The maximum atomic E-state index is 11.9. The number of aliphatic hydroxyl groups is 1. The number of H-pyrrole nitrogens is 1. The molecule has 6 nitrogen and oxygen atoms in total. The van der Waals surface area contributed by atoms with Crippen molar-refractivity contribution in [1.82, 2.24) is 14.3 Å². The second-order valence-electron chi connectivity index (χ2n) is 3.55. The molecule has 1 aromatic heterocycles. The maximum Gasteiger partial charge on any atom is 0.260 e. The van der Waals surface area contributed by atoms with E-state index in [1.165, 1.54) is 16.8 Å². The van der Waals surface area contributed by atoms with E-state index >= 15 is 0 Å². The highest BCUT2D eigenvalue weighted by Gasteiger charge is 2.29. The first kappa shape index (κ1) is 10.6. The van der Waals surface area contributed by atoms with Crippen molar-refractivity contribution in [2.24, 2.45) is 0 Å². The Kier molecular flexibility index (Phi) is 2.76. The van der Waals surface area contributed by atoms with Gasteiger partial charge in [-0.3, -0.25) is 0 Å². The number of aromatic amines is 1. The number of hydrogen-bond donors (Lipinski definition) is 2. The van der Waals surface area contributed by atoms with Gasteiger partial charge in [0.1, 0.15) is 0 Å². The highest BCUT2D eigenvalue weighted by Crippen LogP contribution is 2.18. The number of imidazole rings is 1. The van der Waals surface area contributed by atoms with E-state index in [0.29, 0.717) is 25.9 Å². The average molecular weight is 231 g/mol. The van der Waals surface area contributed by atoms with Crippen LogP contribution in [0.4, 0.5) is 0 Å². The summed E-state index contributed by atoms with van der Waals surface area (Å²) in [5.41, 5.74) is 0. The Bertz CT molecular complexity index is 406. The van der Waals surface area contributed by atoms with Crippen LogP contribution < -0.4 is 0 Å². The molecule has 0 amide bonds. The molecule has 1 aromatic rings. The molecule has 0 saturated carbocycles. The van der Waals surface area contributed by atoms with Crippen LogP contribution in [-0.2, 0) is 10.0 Å². The van der Waals surface area contributed by atoms with Gasteiger partial charge in [0.15, 0.2) is 5.03 Å². The molecule has 1 aliphatic rings. The average Bonchev–Trinajstić information content (AvgIpc) is 2.71. The first-order valence-corrected chi connectivity index (χ1v) is 6.21. The number of aromatic nitrogens is 2. The van der Waals surface area contributed by atoms with Crippen molar-refractivity contribution in [1.29, 1.82) is 0 Å². The minimum Gasteiger partial charge on any atom is -0.393 e. The molecule has 0 radical (unpaired) electrons. The Morgan fingerprint density at radius 1 is 1.47 bits per heavy atom. The van der Waals surface area contributed by atoms with Crippen molar-refractivity contribution in [3.05, 3.63) is 12.5 Å². The van der Waals surface area contributed by atoms with Crippen molar-refractivity contribution in [3.8, 4) is 0 Å². The van der Waals surface area contributed by atoms with Gasteiger partial charge in [0.05, 0.1) is 18.6 Å². The van der Waals surface area contributed by atoms with Gasteiger partial charge in [-0.05, 0) is 12.8 Å². The van der Waals surface area contributed by atoms with Crippen molar-refractivity contribution < 1.29 is 13.5 Å². The van der Waals surface area contributed by atoms with Crippen molar-refractivity contribution in [2.45, 2.75) is 24.0 Å². The minimum atomic E-state index is -3.44. The fraction of sp³-hybridized carbons (Fsp3) is 0.625. The van der Waals surface area contributed by atoms with Crippen LogP contribution >= 0.6 is 0 Å². The number of rotatable bonds is 2. The number of aliphatic hydroxyl groups excluding tert-OH is 1. The van der Waals surface area contributed by atoms with E-state index < -0.39 is 10.0 Å². The van der Waals surface area contributed by atoms with Gasteiger partial charge in [-0.25, -0.2) is 13.4 Å². The first-order valence-electron chi connectivity index (χ1n) is 4.77. The van der Waals surface area contributed by atoms with E-state index in [1.54, 1.807) is 0 Å². The van der Waals surface area contributed by atoms with Crippen molar-refractivity contribution >= 4 is 10.0 Å². The van der Waals surface area contributed by atoms with Gasteiger partial charge in [-0.1, -0.05) is 0 Å². The Hall–Kier alpha value is -0.920. The highest BCUT2D eigenvalue weighted by atomic mass is 32.2. The maximum absolute atomic E-state index is 11.9. The minimum absolute atomic E-state index is 0.110. The van der Waals surface area contributed by atoms with Crippen LogP contribution in [0.1, 0.15) is 12.8 Å². The summed E-state index contributed by atoms with van der Waals surface area (Å²) in [5, 5.41) is 9.39. The summed E-state index contributed by atoms with van der Waals surface area (Å²) >= 11 is 0. The molecule has 84 valence electrons. The van der Waals surface area contributed by atoms with Crippen molar-refractivity contribution in [3.63, 3.8) is 0 Å². The lowest BCUT2D eigenvalue weighted by Crippen LogP contribution is -2.40. The van der Waals surface area contributed by atoms with Crippen LogP contribution in [0.5, 0.6) is 0 Å². The zero-order chi connectivity index (χ0) is 10.9. The van der Waals surface area contributed by atoms with E-state index in [-0.39, 0.29) is 11.1 Å². The quantitative estimate of drug-likeness (QED) is 0.722. The van der Waals surface area contributed by atoms with E-state index in [9.17, 15) is 13.5 Å². The molecule has 0 bridgehead atoms. The van der Waals surface area contributed by atoms with E-state index in [0.717, 1.165) is 0 Å². The fourth-order valence-electron chi connectivity index (χ4n) is 1.61. The van der Waals surface area contributed by atoms with Gasteiger partial charge < -0.3 is 10.1 Å². The van der Waals surface area contributed by atoms with Crippen LogP contribution in [0, 0.1) is 0 Å². The van der Waals surface area contributed by atoms with Gasteiger partial charge in [0.2, 0.25) is 0 Å². The Labute approximate surface area is 88.0 Å². The molecule has 2 rings (SSSR count). The standard InChI is InChI=1S/C8H13N3O3S/c12-7-1-3-11(4-2-7)15(13,14)8-5-9-6-10-8/h5-7,12H,1-4H2,(H,9,10). The topological polar surface area (TPSA) is 86.3 Å². The fourth-order valence-corrected chi connectivity index (χ4v) is 2.97. The second-order valence-corrected chi connectivity index (χ2v) is 5.46.